The van der Waals surface area contributed by atoms with Crippen molar-refractivity contribution in [2.24, 2.45) is 0 Å². The molecule has 0 aliphatic carbocycles. The highest BCUT2D eigenvalue weighted by atomic mass is 79.9. The first-order valence-corrected chi connectivity index (χ1v) is 9.87. The summed E-state index contributed by atoms with van der Waals surface area (Å²) >= 11 is 4.49. The molecule has 2 aromatic heterocycles. The number of rotatable bonds is 5. The van der Waals surface area contributed by atoms with E-state index in [-0.39, 0.29) is 4.90 Å². The summed E-state index contributed by atoms with van der Waals surface area (Å²) in [5, 5.41) is 2.07. The normalized spacial score (nSPS) is 11.2. The van der Waals surface area contributed by atoms with E-state index in [1.165, 1.54) is 30.6 Å². The van der Waals surface area contributed by atoms with Gasteiger partial charge in [0.15, 0.2) is 5.13 Å². The van der Waals surface area contributed by atoms with Crippen molar-refractivity contribution in [3.63, 3.8) is 0 Å². The van der Waals surface area contributed by atoms with Crippen LogP contribution in [0.25, 0.3) is 11.3 Å². The number of methoxy groups -OCH3 is 1. The highest BCUT2D eigenvalue weighted by Crippen LogP contribution is 2.30. The molecule has 0 aliphatic rings. The molecule has 0 unspecified atom stereocenters. The Morgan fingerprint density at radius 3 is 2.79 bits per heavy atom. The van der Waals surface area contributed by atoms with Gasteiger partial charge in [-0.05, 0) is 46.3 Å². The number of sulfonamides is 1. The number of nitrogens with one attached hydrogen (secondary N) is 1. The van der Waals surface area contributed by atoms with Crippen molar-refractivity contribution >= 4 is 42.4 Å². The molecule has 0 amide bonds. The first-order valence-electron chi connectivity index (χ1n) is 6.72. The molecule has 3 aromatic rings. The maximum Gasteiger partial charge on any atom is 0.263 e. The lowest BCUT2D eigenvalue weighted by Gasteiger charge is -2.08. The summed E-state index contributed by atoms with van der Waals surface area (Å²) in [6, 6.07) is 8.20. The van der Waals surface area contributed by atoms with Gasteiger partial charge in [-0.15, -0.1) is 11.3 Å². The zero-order valence-corrected chi connectivity index (χ0v) is 15.7. The van der Waals surface area contributed by atoms with Crippen molar-refractivity contribution in [2.45, 2.75) is 4.90 Å². The number of aromatic nitrogens is 2. The number of benzene rings is 1. The minimum absolute atomic E-state index is 0.119. The van der Waals surface area contributed by atoms with E-state index in [2.05, 4.69) is 30.6 Å². The highest BCUT2D eigenvalue weighted by molar-refractivity contribution is 9.10. The molecular formula is C15H12BrN3O3S2. The van der Waals surface area contributed by atoms with Crippen LogP contribution in [0.2, 0.25) is 0 Å². The van der Waals surface area contributed by atoms with E-state index in [4.69, 9.17) is 4.74 Å². The Bertz CT molecular complexity index is 959. The molecule has 0 bridgehead atoms. The van der Waals surface area contributed by atoms with Gasteiger partial charge in [-0.1, -0.05) is 0 Å². The summed E-state index contributed by atoms with van der Waals surface area (Å²) in [4.78, 5) is 8.45. The van der Waals surface area contributed by atoms with Crippen molar-refractivity contribution in [1.82, 2.24) is 9.97 Å². The fourth-order valence-corrected chi connectivity index (χ4v) is 4.65. The number of halogens is 1. The fraction of sp³-hybridized carbons (Fsp3) is 0.0667. The van der Waals surface area contributed by atoms with Gasteiger partial charge in [-0.25, -0.2) is 13.4 Å². The third kappa shape index (κ3) is 3.58. The van der Waals surface area contributed by atoms with E-state index in [0.29, 0.717) is 21.0 Å². The number of ether oxygens (including phenoxy) is 1. The van der Waals surface area contributed by atoms with Crippen LogP contribution in [0.5, 0.6) is 5.75 Å². The Morgan fingerprint density at radius 1 is 1.29 bits per heavy atom. The maximum atomic E-state index is 12.5. The smallest absolute Gasteiger partial charge is 0.263 e. The first kappa shape index (κ1) is 16.9. The Kier molecular flexibility index (Phi) is 4.83. The molecule has 24 heavy (non-hydrogen) atoms. The Balaban J connectivity index is 1.85. The highest BCUT2D eigenvalue weighted by Gasteiger charge is 2.18. The van der Waals surface area contributed by atoms with Crippen LogP contribution < -0.4 is 9.46 Å². The summed E-state index contributed by atoms with van der Waals surface area (Å²) in [6.45, 7) is 0. The van der Waals surface area contributed by atoms with Crippen LogP contribution in [0, 0.1) is 0 Å². The second-order valence-corrected chi connectivity index (χ2v) is 8.08. The second-order valence-electron chi connectivity index (χ2n) is 4.68. The lowest BCUT2D eigenvalue weighted by molar-refractivity contribution is 0.411. The van der Waals surface area contributed by atoms with Crippen molar-refractivity contribution in [2.75, 3.05) is 11.8 Å². The lowest BCUT2D eigenvalue weighted by atomic mass is 10.2. The predicted octanol–water partition coefficient (Wildman–Crippen LogP) is 3.78. The molecule has 0 saturated heterocycles. The number of hydrogen-bond donors (Lipinski definition) is 1. The van der Waals surface area contributed by atoms with Crippen molar-refractivity contribution in [3.8, 4) is 17.0 Å². The van der Waals surface area contributed by atoms with Crippen LogP contribution in [0.1, 0.15) is 0 Å². The zero-order chi connectivity index (χ0) is 17.2. The van der Waals surface area contributed by atoms with Gasteiger partial charge in [0.2, 0.25) is 0 Å². The van der Waals surface area contributed by atoms with E-state index >= 15 is 0 Å². The number of nitrogens with zero attached hydrogens (tertiary/aromatic N) is 2. The molecule has 0 spiro atoms. The molecule has 9 heteroatoms. The number of hydrogen-bond acceptors (Lipinski definition) is 6. The monoisotopic (exact) mass is 425 g/mol. The minimum atomic E-state index is -3.73. The van der Waals surface area contributed by atoms with E-state index in [1.807, 2.05) is 6.07 Å². The predicted molar refractivity (Wildman–Crippen MR) is 96.8 cm³/mol. The van der Waals surface area contributed by atoms with Crippen molar-refractivity contribution in [1.29, 1.82) is 0 Å². The van der Waals surface area contributed by atoms with Crippen LogP contribution >= 0.6 is 27.3 Å². The summed E-state index contributed by atoms with van der Waals surface area (Å²) in [5.41, 5.74) is 1.49. The second kappa shape index (κ2) is 6.88. The number of pyridine rings is 1. The van der Waals surface area contributed by atoms with Gasteiger partial charge in [0, 0.05) is 23.3 Å². The van der Waals surface area contributed by atoms with Crippen LogP contribution in [0.3, 0.4) is 0 Å². The van der Waals surface area contributed by atoms with Gasteiger partial charge in [-0.2, -0.15) is 0 Å². The zero-order valence-electron chi connectivity index (χ0n) is 12.4. The Morgan fingerprint density at radius 2 is 2.12 bits per heavy atom. The van der Waals surface area contributed by atoms with Gasteiger partial charge < -0.3 is 4.74 Å². The number of anilines is 1. The van der Waals surface area contributed by atoms with E-state index in [9.17, 15) is 8.42 Å². The summed E-state index contributed by atoms with van der Waals surface area (Å²) in [5.74, 6) is 0.557. The average molecular weight is 426 g/mol. The minimum Gasteiger partial charge on any atom is -0.496 e. The summed E-state index contributed by atoms with van der Waals surface area (Å²) in [6.07, 6.45) is 3.34. The molecule has 1 aromatic carbocycles. The fourth-order valence-electron chi connectivity index (χ4n) is 1.96. The van der Waals surface area contributed by atoms with Crippen LogP contribution in [0.4, 0.5) is 5.13 Å². The molecular weight excluding hydrogens is 414 g/mol. The van der Waals surface area contributed by atoms with Crippen LogP contribution in [-0.4, -0.2) is 25.5 Å². The van der Waals surface area contributed by atoms with E-state index in [0.717, 1.165) is 5.56 Å². The van der Waals surface area contributed by atoms with Crippen LogP contribution in [0.15, 0.2) is 57.5 Å². The van der Waals surface area contributed by atoms with Gasteiger partial charge in [-0.3, -0.25) is 9.71 Å². The van der Waals surface area contributed by atoms with E-state index in [1.54, 1.807) is 29.9 Å². The molecule has 0 radical (unpaired) electrons. The molecule has 0 atom stereocenters. The van der Waals surface area contributed by atoms with Gasteiger partial charge in [0.25, 0.3) is 10.0 Å². The lowest BCUT2D eigenvalue weighted by Crippen LogP contribution is -2.12. The summed E-state index contributed by atoms with van der Waals surface area (Å²) in [7, 11) is -2.22. The SMILES string of the molecule is COc1ccc(S(=O)(=O)Nc2nc(-c3cccnc3)cs2)cc1Br. The van der Waals surface area contributed by atoms with Crippen molar-refractivity contribution < 1.29 is 13.2 Å². The molecule has 0 aliphatic heterocycles. The third-order valence-corrected chi connectivity index (χ3v) is 5.96. The quantitative estimate of drug-likeness (QED) is 0.672. The van der Waals surface area contributed by atoms with Crippen LogP contribution in [-0.2, 0) is 10.0 Å². The Labute approximate surface area is 151 Å². The maximum absolute atomic E-state index is 12.5. The van der Waals surface area contributed by atoms with Crippen molar-refractivity contribution in [3.05, 3.63) is 52.6 Å². The number of thiazole rings is 1. The molecule has 124 valence electrons. The summed E-state index contributed by atoms with van der Waals surface area (Å²) < 4.78 is 33.1. The molecule has 1 N–H and O–H groups in total. The molecule has 0 saturated carbocycles. The molecule has 3 rings (SSSR count). The van der Waals surface area contributed by atoms with Gasteiger partial charge >= 0.3 is 0 Å². The van der Waals surface area contributed by atoms with E-state index < -0.39 is 10.0 Å². The topological polar surface area (TPSA) is 81.2 Å². The Hall–Kier alpha value is -1.97. The standard InChI is InChI=1S/C15H12BrN3O3S2/c1-22-14-5-4-11(7-12(14)16)24(20,21)19-15-18-13(9-23-15)10-3-2-6-17-8-10/h2-9H,1H3,(H,18,19). The molecule has 2 heterocycles. The first-order chi connectivity index (χ1) is 11.5. The van der Waals surface area contributed by atoms with Gasteiger partial charge in [0.1, 0.15) is 5.75 Å². The average Bonchev–Trinajstić information content (AvgIpc) is 3.03. The largest absolute Gasteiger partial charge is 0.496 e. The molecule has 0 fully saturated rings. The third-order valence-electron chi connectivity index (χ3n) is 3.12. The van der Waals surface area contributed by atoms with Gasteiger partial charge in [0.05, 0.1) is 22.2 Å². The molecule has 6 nitrogen and oxygen atoms in total.